The van der Waals surface area contributed by atoms with Gasteiger partial charge >= 0.3 is 5.97 Å². The Balaban J connectivity index is 2.04. The summed E-state index contributed by atoms with van der Waals surface area (Å²) in [4.78, 5) is 28.7. The molecule has 130 valence electrons. The highest BCUT2D eigenvalue weighted by molar-refractivity contribution is 5.77. The van der Waals surface area contributed by atoms with E-state index >= 15 is 0 Å². The van der Waals surface area contributed by atoms with E-state index in [0.29, 0.717) is 25.0 Å². The Morgan fingerprint density at radius 3 is 2.71 bits per heavy atom. The first-order valence-corrected chi connectivity index (χ1v) is 8.81. The van der Waals surface area contributed by atoms with E-state index < -0.39 is 0 Å². The number of para-hydroxylation sites is 1. The van der Waals surface area contributed by atoms with E-state index in [-0.39, 0.29) is 11.5 Å². The molecule has 0 atom stereocenters. The Bertz CT molecular complexity index is 737. The second-order valence-electron chi connectivity index (χ2n) is 5.93. The van der Waals surface area contributed by atoms with Crippen molar-refractivity contribution < 1.29 is 9.53 Å². The van der Waals surface area contributed by atoms with Gasteiger partial charge in [-0.15, -0.1) is 0 Å². The molecule has 0 amide bonds. The van der Waals surface area contributed by atoms with Gasteiger partial charge in [0.25, 0.3) is 5.56 Å². The van der Waals surface area contributed by atoms with Gasteiger partial charge in [-0.05, 0) is 37.8 Å². The molecule has 0 aliphatic rings. The number of hydrogen-bond donors (Lipinski definition) is 0. The maximum Gasteiger partial charge on any atom is 0.305 e. The maximum absolute atomic E-state index is 12.7. The van der Waals surface area contributed by atoms with E-state index in [4.69, 9.17) is 4.74 Å². The van der Waals surface area contributed by atoms with Crippen molar-refractivity contribution in [1.82, 2.24) is 9.55 Å². The van der Waals surface area contributed by atoms with Gasteiger partial charge in [-0.25, -0.2) is 4.98 Å². The van der Waals surface area contributed by atoms with Gasteiger partial charge in [-0.1, -0.05) is 26.0 Å². The monoisotopic (exact) mass is 330 g/mol. The van der Waals surface area contributed by atoms with E-state index in [0.717, 1.165) is 43.4 Å². The molecule has 1 aromatic heterocycles. The van der Waals surface area contributed by atoms with Crippen LogP contribution >= 0.6 is 0 Å². The third-order valence-corrected chi connectivity index (χ3v) is 3.91. The SMILES string of the molecule is CCCC(=O)OCCCCn1c(CCC)nc2ccccc2c1=O. The van der Waals surface area contributed by atoms with Gasteiger partial charge in [0.2, 0.25) is 0 Å². The van der Waals surface area contributed by atoms with Crippen molar-refractivity contribution in [3.8, 4) is 0 Å². The van der Waals surface area contributed by atoms with Gasteiger partial charge in [-0.3, -0.25) is 14.2 Å². The Morgan fingerprint density at radius 2 is 1.96 bits per heavy atom. The van der Waals surface area contributed by atoms with Crippen LogP contribution in [0.5, 0.6) is 0 Å². The lowest BCUT2D eigenvalue weighted by atomic mass is 10.2. The minimum atomic E-state index is -0.145. The zero-order chi connectivity index (χ0) is 17.4. The fourth-order valence-electron chi connectivity index (χ4n) is 2.69. The molecule has 0 saturated carbocycles. The first kappa shape index (κ1) is 18.2. The minimum absolute atomic E-state index is 0.0204. The summed E-state index contributed by atoms with van der Waals surface area (Å²) in [5, 5.41) is 0.659. The van der Waals surface area contributed by atoms with Crippen LogP contribution in [0.2, 0.25) is 0 Å². The molecule has 0 radical (unpaired) electrons. The number of fused-ring (bicyclic) bond motifs is 1. The molecule has 0 N–H and O–H groups in total. The average molecular weight is 330 g/mol. The molecule has 1 aromatic carbocycles. The van der Waals surface area contributed by atoms with E-state index in [1.165, 1.54) is 0 Å². The van der Waals surface area contributed by atoms with Crippen LogP contribution < -0.4 is 5.56 Å². The van der Waals surface area contributed by atoms with Crippen molar-refractivity contribution in [3.05, 3.63) is 40.4 Å². The van der Waals surface area contributed by atoms with Gasteiger partial charge in [0.05, 0.1) is 17.5 Å². The number of benzene rings is 1. The number of rotatable bonds is 9. The van der Waals surface area contributed by atoms with Crippen molar-refractivity contribution in [2.45, 2.75) is 58.9 Å². The Morgan fingerprint density at radius 1 is 1.17 bits per heavy atom. The lowest BCUT2D eigenvalue weighted by Crippen LogP contribution is -2.25. The number of carbonyl (C=O) groups is 1. The number of carbonyl (C=O) groups excluding carboxylic acids is 1. The number of unbranched alkanes of at least 4 members (excludes halogenated alkanes) is 1. The zero-order valence-corrected chi connectivity index (χ0v) is 14.6. The third-order valence-electron chi connectivity index (χ3n) is 3.91. The van der Waals surface area contributed by atoms with Crippen LogP contribution in [0, 0.1) is 0 Å². The third kappa shape index (κ3) is 4.66. The van der Waals surface area contributed by atoms with E-state index in [2.05, 4.69) is 11.9 Å². The highest BCUT2D eigenvalue weighted by Gasteiger charge is 2.10. The smallest absolute Gasteiger partial charge is 0.305 e. The molecule has 2 rings (SSSR count). The van der Waals surface area contributed by atoms with Gasteiger partial charge in [-0.2, -0.15) is 0 Å². The first-order chi connectivity index (χ1) is 11.7. The molecule has 5 nitrogen and oxygen atoms in total. The topological polar surface area (TPSA) is 61.2 Å². The second-order valence-corrected chi connectivity index (χ2v) is 5.93. The molecule has 0 bridgehead atoms. The molecular weight excluding hydrogens is 304 g/mol. The highest BCUT2D eigenvalue weighted by atomic mass is 16.5. The summed E-state index contributed by atoms with van der Waals surface area (Å²) in [6, 6.07) is 7.47. The highest BCUT2D eigenvalue weighted by Crippen LogP contribution is 2.10. The zero-order valence-electron chi connectivity index (χ0n) is 14.6. The predicted molar refractivity (Wildman–Crippen MR) is 95.1 cm³/mol. The molecule has 0 aliphatic carbocycles. The number of aromatic nitrogens is 2. The van der Waals surface area contributed by atoms with E-state index in [9.17, 15) is 9.59 Å². The number of nitrogens with zero attached hydrogens (tertiary/aromatic N) is 2. The maximum atomic E-state index is 12.7. The molecule has 0 saturated heterocycles. The Labute approximate surface area is 142 Å². The van der Waals surface area contributed by atoms with Crippen molar-refractivity contribution >= 4 is 16.9 Å². The van der Waals surface area contributed by atoms with Crippen LogP contribution in [0.4, 0.5) is 0 Å². The summed E-state index contributed by atoms with van der Waals surface area (Å²) >= 11 is 0. The molecule has 1 heterocycles. The molecule has 0 fully saturated rings. The summed E-state index contributed by atoms with van der Waals surface area (Å²) in [6.45, 7) is 5.06. The van der Waals surface area contributed by atoms with Crippen molar-refractivity contribution in [1.29, 1.82) is 0 Å². The lowest BCUT2D eigenvalue weighted by molar-refractivity contribution is -0.143. The van der Waals surface area contributed by atoms with Crippen LogP contribution in [0.3, 0.4) is 0 Å². The van der Waals surface area contributed by atoms with Gasteiger partial charge in [0.1, 0.15) is 5.82 Å². The average Bonchev–Trinajstić information content (AvgIpc) is 2.57. The number of ether oxygens (including phenoxy) is 1. The second kappa shape index (κ2) is 9.21. The van der Waals surface area contributed by atoms with Crippen LogP contribution in [0.1, 0.15) is 51.8 Å². The van der Waals surface area contributed by atoms with Gasteiger partial charge in [0.15, 0.2) is 0 Å². The summed E-state index contributed by atoms with van der Waals surface area (Å²) < 4.78 is 6.93. The van der Waals surface area contributed by atoms with Crippen molar-refractivity contribution in [2.24, 2.45) is 0 Å². The number of esters is 1. The normalized spacial score (nSPS) is 10.9. The summed E-state index contributed by atoms with van der Waals surface area (Å²) in [5.74, 6) is 0.692. The van der Waals surface area contributed by atoms with Gasteiger partial charge < -0.3 is 4.74 Å². The Hall–Kier alpha value is -2.17. The van der Waals surface area contributed by atoms with Crippen molar-refractivity contribution in [2.75, 3.05) is 6.61 Å². The number of aryl methyl sites for hydroxylation is 1. The molecule has 5 heteroatoms. The van der Waals surface area contributed by atoms with E-state index in [1.807, 2.05) is 31.2 Å². The largest absolute Gasteiger partial charge is 0.466 e. The summed E-state index contributed by atoms with van der Waals surface area (Å²) in [7, 11) is 0. The summed E-state index contributed by atoms with van der Waals surface area (Å²) in [5.41, 5.74) is 0.780. The van der Waals surface area contributed by atoms with Crippen LogP contribution in [0.15, 0.2) is 29.1 Å². The van der Waals surface area contributed by atoms with Gasteiger partial charge in [0, 0.05) is 19.4 Å². The molecule has 0 spiro atoms. The van der Waals surface area contributed by atoms with Crippen LogP contribution in [0.25, 0.3) is 10.9 Å². The van der Waals surface area contributed by atoms with Crippen LogP contribution in [-0.2, 0) is 22.5 Å². The van der Waals surface area contributed by atoms with E-state index in [1.54, 1.807) is 4.57 Å². The fourth-order valence-corrected chi connectivity index (χ4v) is 2.69. The predicted octanol–water partition coefficient (Wildman–Crippen LogP) is 3.47. The fraction of sp³-hybridized carbons (Fsp3) is 0.526. The Kier molecular flexibility index (Phi) is 6.97. The molecule has 0 aliphatic heterocycles. The summed E-state index contributed by atoms with van der Waals surface area (Å²) in [6.07, 6.45) is 4.54. The first-order valence-electron chi connectivity index (χ1n) is 8.81. The minimum Gasteiger partial charge on any atom is -0.466 e. The lowest BCUT2D eigenvalue weighted by Gasteiger charge is -2.13. The number of hydrogen-bond acceptors (Lipinski definition) is 4. The quantitative estimate of drug-likeness (QED) is 0.522. The van der Waals surface area contributed by atoms with Crippen molar-refractivity contribution in [3.63, 3.8) is 0 Å². The molecule has 2 aromatic rings. The standard InChI is InChI=1S/C19H26N2O3/c1-3-9-17-20-16-12-6-5-11-15(16)19(23)21(17)13-7-8-14-24-18(22)10-4-2/h5-6,11-12H,3-4,7-10,13-14H2,1-2H3. The molecule has 0 unspecified atom stereocenters. The van der Waals surface area contributed by atoms with Crippen LogP contribution in [-0.4, -0.2) is 22.1 Å². The molecular formula is C19H26N2O3. The molecule has 24 heavy (non-hydrogen) atoms.